The zero-order valence-corrected chi connectivity index (χ0v) is 16.9. The predicted octanol–water partition coefficient (Wildman–Crippen LogP) is 2.54. The number of nitrogens with one attached hydrogen (secondary N) is 1. The van der Waals surface area contributed by atoms with Gasteiger partial charge < -0.3 is 5.32 Å². The lowest BCUT2D eigenvalue weighted by molar-refractivity contribution is 0.111. The third-order valence-electron chi connectivity index (χ3n) is 5.05. The number of aromatic nitrogens is 3. The Morgan fingerprint density at radius 1 is 1.39 bits per heavy atom. The summed E-state index contributed by atoms with van der Waals surface area (Å²) in [5.74, 6) is -4.88. The van der Waals surface area contributed by atoms with E-state index >= 15 is 0 Å². The third kappa shape index (κ3) is 3.36. The van der Waals surface area contributed by atoms with Gasteiger partial charge in [-0.3, -0.25) is 0 Å². The fraction of sp³-hybridized carbons (Fsp3) is 0.600. The van der Waals surface area contributed by atoms with Crippen LogP contribution in [0.15, 0.2) is 10.7 Å². The monoisotopic (exact) mass is 485 g/mol. The zero-order chi connectivity index (χ0) is 20.4. The van der Waals surface area contributed by atoms with Crippen LogP contribution >= 0.6 is 15.9 Å². The number of anilines is 1. The highest BCUT2D eigenvalue weighted by Crippen LogP contribution is 2.57. The standard InChI is InChI=1S/C15H16BrF4N5O2S/c1-28(26,27)24-3-2-9(8(17)6-24)22-14-21-5-10-12(18)11(16)13(25(10)23-14)7-4-15(7,19)20/h5,7-9H,2-4,6H2,1H3,(H,22,23)/t7?,8-,9-/m1/s1. The van der Waals surface area contributed by atoms with Crippen LogP contribution in [0.1, 0.15) is 24.5 Å². The Morgan fingerprint density at radius 3 is 2.64 bits per heavy atom. The molecule has 2 fully saturated rings. The molecule has 3 heterocycles. The highest BCUT2D eigenvalue weighted by atomic mass is 79.9. The minimum absolute atomic E-state index is 0.00615. The van der Waals surface area contributed by atoms with E-state index in [1.165, 1.54) is 0 Å². The van der Waals surface area contributed by atoms with Crippen LogP contribution in [-0.4, -0.2) is 64.8 Å². The van der Waals surface area contributed by atoms with Crippen LogP contribution < -0.4 is 5.32 Å². The molecule has 0 radical (unpaired) electrons. The van der Waals surface area contributed by atoms with Crippen molar-refractivity contribution in [2.75, 3.05) is 24.7 Å². The summed E-state index contributed by atoms with van der Waals surface area (Å²) < 4.78 is 80.9. The van der Waals surface area contributed by atoms with Gasteiger partial charge in [0.2, 0.25) is 16.0 Å². The van der Waals surface area contributed by atoms with E-state index in [-0.39, 0.29) is 41.1 Å². The van der Waals surface area contributed by atoms with Crippen LogP contribution in [-0.2, 0) is 10.0 Å². The molecule has 154 valence electrons. The van der Waals surface area contributed by atoms with Gasteiger partial charge in [0, 0.05) is 19.5 Å². The van der Waals surface area contributed by atoms with Crippen LogP contribution in [0.3, 0.4) is 0 Å². The van der Waals surface area contributed by atoms with E-state index in [0.717, 1.165) is 21.3 Å². The van der Waals surface area contributed by atoms with Gasteiger partial charge in [0.15, 0.2) is 5.82 Å². The SMILES string of the molecule is CS(=O)(=O)N1CC[C@@H](Nc2ncc3c(F)c(Br)c(C4CC4(F)F)n3n2)[C@H](F)C1. The minimum atomic E-state index is -3.49. The summed E-state index contributed by atoms with van der Waals surface area (Å²) in [6.45, 7) is -0.176. The first-order valence-corrected chi connectivity index (χ1v) is 11.1. The van der Waals surface area contributed by atoms with Crippen LogP contribution in [0.2, 0.25) is 0 Å². The summed E-state index contributed by atoms with van der Waals surface area (Å²) in [6, 6.07) is -0.759. The summed E-state index contributed by atoms with van der Waals surface area (Å²) in [5, 5.41) is 6.84. The number of hydrogen-bond donors (Lipinski definition) is 1. The first kappa shape index (κ1) is 19.8. The fourth-order valence-electron chi connectivity index (χ4n) is 3.39. The molecular formula is C15H16BrF4N5O2S. The Morgan fingerprint density at radius 2 is 2.07 bits per heavy atom. The van der Waals surface area contributed by atoms with Gasteiger partial charge in [-0.15, -0.1) is 5.10 Å². The minimum Gasteiger partial charge on any atom is -0.347 e. The molecule has 2 aromatic rings. The van der Waals surface area contributed by atoms with Crippen molar-refractivity contribution in [1.82, 2.24) is 18.9 Å². The molecule has 0 amide bonds. The van der Waals surface area contributed by atoms with Gasteiger partial charge in [0.1, 0.15) is 11.7 Å². The molecule has 0 spiro atoms. The second kappa shape index (κ2) is 6.52. The van der Waals surface area contributed by atoms with Gasteiger partial charge in [-0.2, -0.15) is 4.31 Å². The molecule has 0 bridgehead atoms. The summed E-state index contributed by atoms with van der Waals surface area (Å²) in [5.41, 5.74) is -0.0644. The molecule has 28 heavy (non-hydrogen) atoms. The molecular weight excluding hydrogens is 470 g/mol. The number of fused-ring (bicyclic) bond motifs is 1. The van der Waals surface area contributed by atoms with Gasteiger partial charge >= 0.3 is 0 Å². The Kier molecular flexibility index (Phi) is 4.62. The van der Waals surface area contributed by atoms with E-state index in [2.05, 4.69) is 31.3 Å². The van der Waals surface area contributed by atoms with E-state index in [0.29, 0.717) is 0 Å². The summed E-state index contributed by atoms with van der Waals surface area (Å²) >= 11 is 3.00. The van der Waals surface area contributed by atoms with E-state index in [1.54, 1.807) is 0 Å². The lowest BCUT2D eigenvalue weighted by atomic mass is 10.1. The quantitative estimate of drug-likeness (QED) is 0.673. The molecule has 1 unspecified atom stereocenters. The number of rotatable bonds is 4. The normalized spacial score (nSPS) is 27.9. The molecule has 7 nitrogen and oxygen atoms in total. The molecule has 4 rings (SSSR count). The molecule has 0 aromatic carbocycles. The number of piperidine rings is 1. The fourth-order valence-corrected chi connectivity index (χ4v) is 4.88. The van der Waals surface area contributed by atoms with Gasteiger partial charge in [0.25, 0.3) is 5.92 Å². The van der Waals surface area contributed by atoms with Crippen molar-refractivity contribution in [3.63, 3.8) is 0 Å². The Bertz CT molecular complexity index is 1050. The number of hydrogen-bond acceptors (Lipinski definition) is 5. The summed E-state index contributed by atoms with van der Waals surface area (Å²) in [4.78, 5) is 3.94. The highest BCUT2D eigenvalue weighted by Gasteiger charge is 2.60. The van der Waals surface area contributed by atoms with Crippen molar-refractivity contribution >= 4 is 37.4 Å². The van der Waals surface area contributed by atoms with E-state index in [1.807, 2.05) is 0 Å². The second-order valence-corrected chi connectivity index (χ2v) is 9.86. The number of sulfonamides is 1. The smallest absolute Gasteiger partial charge is 0.257 e. The number of halogens is 5. The molecule has 1 aliphatic carbocycles. The van der Waals surface area contributed by atoms with Crippen LogP contribution in [0.4, 0.5) is 23.5 Å². The van der Waals surface area contributed by atoms with Gasteiger partial charge in [-0.05, 0) is 22.4 Å². The third-order valence-corrected chi connectivity index (χ3v) is 7.07. The van der Waals surface area contributed by atoms with Crippen molar-refractivity contribution in [3.8, 4) is 0 Å². The van der Waals surface area contributed by atoms with Gasteiger partial charge in [-0.1, -0.05) is 0 Å². The summed E-state index contributed by atoms with van der Waals surface area (Å²) in [7, 11) is -3.49. The molecule has 1 saturated heterocycles. The maximum absolute atomic E-state index is 14.4. The van der Waals surface area contributed by atoms with Crippen molar-refractivity contribution < 1.29 is 26.0 Å². The van der Waals surface area contributed by atoms with Crippen LogP contribution in [0.5, 0.6) is 0 Å². The first-order chi connectivity index (χ1) is 13.0. The molecule has 13 heteroatoms. The van der Waals surface area contributed by atoms with Gasteiger partial charge in [0.05, 0.1) is 34.6 Å². The van der Waals surface area contributed by atoms with Crippen molar-refractivity contribution in [2.45, 2.75) is 36.9 Å². The average molecular weight is 486 g/mol. The number of alkyl halides is 3. The average Bonchev–Trinajstić information content (AvgIpc) is 3.15. The molecule has 2 aliphatic rings. The van der Waals surface area contributed by atoms with Crippen LogP contribution in [0.25, 0.3) is 5.52 Å². The summed E-state index contributed by atoms with van der Waals surface area (Å²) in [6.07, 6.45) is 0.409. The molecule has 1 saturated carbocycles. The van der Waals surface area contributed by atoms with E-state index in [4.69, 9.17) is 0 Å². The Labute approximate surface area is 166 Å². The Hall–Kier alpha value is -1.47. The van der Waals surface area contributed by atoms with E-state index < -0.39 is 46.3 Å². The topological polar surface area (TPSA) is 79.6 Å². The second-order valence-electron chi connectivity index (χ2n) is 7.09. The molecule has 1 N–H and O–H groups in total. The zero-order valence-electron chi connectivity index (χ0n) is 14.5. The lowest BCUT2D eigenvalue weighted by Crippen LogP contribution is -2.49. The van der Waals surface area contributed by atoms with Crippen molar-refractivity contribution in [1.29, 1.82) is 0 Å². The lowest BCUT2D eigenvalue weighted by Gasteiger charge is -2.33. The predicted molar refractivity (Wildman–Crippen MR) is 96.3 cm³/mol. The van der Waals surface area contributed by atoms with E-state index in [9.17, 15) is 26.0 Å². The highest BCUT2D eigenvalue weighted by molar-refractivity contribution is 9.10. The number of nitrogens with zero attached hydrogens (tertiary/aromatic N) is 4. The molecule has 3 atom stereocenters. The molecule has 1 aliphatic heterocycles. The largest absolute Gasteiger partial charge is 0.347 e. The first-order valence-electron chi connectivity index (χ1n) is 8.45. The van der Waals surface area contributed by atoms with Gasteiger partial charge in [-0.25, -0.2) is 35.5 Å². The van der Waals surface area contributed by atoms with Crippen molar-refractivity contribution in [3.05, 3.63) is 22.2 Å². The maximum Gasteiger partial charge on any atom is 0.257 e. The Balaban J connectivity index is 1.60. The van der Waals surface area contributed by atoms with Crippen LogP contribution in [0, 0.1) is 5.82 Å². The molecule has 2 aromatic heterocycles. The van der Waals surface area contributed by atoms with Crippen molar-refractivity contribution in [2.24, 2.45) is 0 Å². The maximum atomic E-state index is 14.4.